The van der Waals surface area contributed by atoms with Gasteiger partial charge in [-0.05, 0) is 80.3 Å². The van der Waals surface area contributed by atoms with Crippen molar-refractivity contribution in [2.24, 2.45) is 17.8 Å². The maximum atomic E-state index is 12.6. The van der Waals surface area contributed by atoms with Crippen molar-refractivity contribution in [3.05, 3.63) is 82.6 Å². The number of cyclic esters (lactones) is 1. The molecule has 43 heavy (non-hydrogen) atoms. The molecule has 1 aliphatic heterocycles. The first-order chi connectivity index (χ1) is 20.5. The van der Waals surface area contributed by atoms with Crippen molar-refractivity contribution in [1.29, 1.82) is 0 Å². The average molecular weight is 586 g/mol. The molecule has 1 amide bonds. The van der Waals surface area contributed by atoms with E-state index in [-0.39, 0.29) is 19.6 Å². The highest BCUT2D eigenvalue weighted by atomic mass is 16.6. The number of rotatable bonds is 11. The molecule has 2 N–H and O–H groups in total. The Morgan fingerprint density at radius 1 is 1.05 bits per heavy atom. The van der Waals surface area contributed by atoms with E-state index in [4.69, 9.17) is 13.9 Å². The SMILES string of the molecule is Cc1ccc(C#Cc2ccc3oc(CNC(=O)OC[C@]4(CO)C/C(=C\CC(CC(C)C)CC(C)C)C(=O)O4)cc3c2)cc1. The van der Waals surface area contributed by atoms with Crippen LogP contribution in [0.1, 0.15) is 75.8 Å². The van der Waals surface area contributed by atoms with Gasteiger partial charge in [0.25, 0.3) is 0 Å². The van der Waals surface area contributed by atoms with Gasteiger partial charge in [-0.15, -0.1) is 0 Å². The van der Waals surface area contributed by atoms with Crippen molar-refractivity contribution >= 4 is 23.0 Å². The summed E-state index contributed by atoms with van der Waals surface area (Å²) in [6.07, 6.45) is 4.39. The van der Waals surface area contributed by atoms with Crippen molar-refractivity contribution in [3.63, 3.8) is 0 Å². The summed E-state index contributed by atoms with van der Waals surface area (Å²) < 4.78 is 16.8. The van der Waals surface area contributed by atoms with Crippen LogP contribution in [0.15, 0.2) is 64.6 Å². The Morgan fingerprint density at radius 2 is 1.72 bits per heavy atom. The van der Waals surface area contributed by atoms with Gasteiger partial charge in [-0.25, -0.2) is 9.59 Å². The molecule has 1 saturated heterocycles. The Bertz CT molecular complexity index is 1490. The molecular formula is C36H43NO6. The lowest BCUT2D eigenvalue weighted by Crippen LogP contribution is -2.40. The molecule has 1 aromatic heterocycles. The Hall–Kier alpha value is -4.02. The van der Waals surface area contributed by atoms with Crippen molar-refractivity contribution in [2.75, 3.05) is 13.2 Å². The van der Waals surface area contributed by atoms with E-state index >= 15 is 0 Å². The molecule has 3 aromatic rings. The zero-order valence-electron chi connectivity index (χ0n) is 25.9. The fraction of sp³-hybridized carbons (Fsp3) is 0.444. The first-order valence-corrected chi connectivity index (χ1v) is 15.1. The number of allylic oxidation sites excluding steroid dienone is 1. The second kappa shape index (κ2) is 14.4. The third kappa shape index (κ3) is 9.23. The summed E-state index contributed by atoms with van der Waals surface area (Å²) in [7, 11) is 0. The van der Waals surface area contributed by atoms with Gasteiger partial charge in [0.15, 0.2) is 5.60 Å². The summed E-state index contributed by atoms with van der Waals surface area (Å²) in [6, 6.07) is 15.6. The molecule has 7 nitrogen and oxygen atoms in total. The minimum Gasteiger partial charge on any atom is -0.459 e. The van der Waals surface area contributed by atoms with Crippen LogP contribution < -0.4 is 5.32 Å². The highest BCUT2D eigenvalue weighted by Gasteiger charge is 2.44. The van der Waals surface area contributed by atoms with E-state index in [2.05, 4.69) is 44.9 Å². The first-order valence-electron chi connectivity index (χ1n) is 15.1. The third-order valence-corrected chi connectivity index (χ3v) is 7.52. The number of fused-ring (bicyclic) bond motifs is 1. The Morgan fingerprint density at radius 3 is 2.40 bits per heavy atom. The number of hydrogen-bond donors (Lipinski definition) is 2. The minimum atomic E-state index is -1.28. The quantitative estimate of drug-likeness (QED) is 0.142. The molecule has 1 aliphatic rings. The number of aliphatic hydroxyl groups excluding tert-OH is 1. The molecule has 1 atom stereocenters. The van der Waals surface area contributed by atoms with Crippen LogP contribution in [-0.2, 0) is 20.8 Å². The summed E-state index contributed by atoms with van der Waals surface area (Å²) in [4.78, 5) is 25.1. The van der Waals surface area contributed by atoms with Gasteiger partial charge >= 0.3 is 12.1 Å². The Kier molecular flexibility index (Phi) is 10.7. The molecule has 4 rings (SSSR count). The molecule has 0 radical (unpaired) electrons. The zero-order valence-corrected chi connectivity index (χ0v) is 25.9. The number of esters is 1. The maximum Gasteiger partial charge on any atom is 0.407 e. The van der Waals surface area contributed by atoms with Gasteiger partial charge < -0.3 is 24.3 Å². The van der Waals surface area contributed by atoms with Gasteiger partial charge in [0.1, 0.15) is 18.0 Å². The van der Waals surface area contributed by atoms with Gasteiger partial charge in [-0.1, -0.05) is 63.3 Å². The topological polar surface area (TPSA) is 98.0 Å². The fourth-order valence-electron chi connectivity index (χ4n) is 5.47. The fourth-order valence-corrected chi connectivity index (χ4v) is 5.47. The molecule has 0 aliphatic carbocycles. The number of carbonyl (C=O) groups excluding carboxylic acids is 2. The lowest BCUT2D eigenvalue weighted by molar-refractivity contribution is -0.154. The number of ether oxygens (including phenoxy) is 2. The zero-order chi connectivity index (χ0) is 31.0. The number of benzene rings is 2. The maximum absolute atomic E-state index is 12.6. The standard InChI is InChI=1S/C36H43NO6/c1-24(2)16-29(17-25(3)4)12-14-30-20-36(22-38,43-34(30)39)23-41-35(40)37-21-32-19-31-18-28(13-15-33(31)42-32)11-10-27-8-6-26(5)7-9-27/h6-9,13-15,18-19,24-25,29,38H,12,16-17,20-23H2,1-5H3,(H,37,40)/b30-14+/t36-/m1/s1. The number of hydrogen-bond acceptors (Lipinski definition) is 6. The molecule has 0 unspecified atom stereocenters. The second-order valence-corrected chi connectivity index (χ2v) is 12.5. The molecule has 228 valence electrons. The minimum absolute atomic E-state index is 0.113. The smallest absolute Gasteiger partial charge is 0.407 e. The molecule has 7 heteroatoms. The molecule has 1 fully saturated rings. The van der Waals surface area contributed by atoms with Gasteiger partial charge in [0, 0.05) is 28.5 Å². The van der Waals surface area contributed by atoms with Crippen LogP contribution in [0.3, 0.4) is 0 Å². The summed E-state index contributed by atoms with van der Waals surface area (Å²) in [6.45, 7) is 10.3. The van der Waals surface area contributed by atoms with Gasteiger partial charge in [0.05, 0.1) is 13.2 Å². The summed E-state index contributed by atoms with van der Waals surface area (Å²) in [5.74, 6) is 8.06. The van der Waals surface area contributed by atoms with Crippen LogP contribution in [0.25, 0.3) is 11.0 Å². The number of nitrogens with one attached hydrogen (secondary N) is 1. The highest BCUT2D eigenvalue weighted by Crippen LogP contribution is 2.33. The van der Waals surface area contributed by atoms with Crippen molar-refractivity contribution in [1.82, 2.24) is 5.32 Å². The van der Waals surface area contributed by atoms with Gasteiger partial charge in [-0.2, -0.15) is 0 Å². The van der Waals surface area contributed by atoms with Crippen molar-refractivity contribution < 1.29 is 28.6 Å². The highest BCUT2D eigenvalue weighted by molar-refractivity contribution is 5.91. The number of furan rings is 1. The molecular weight excluding hydrogens is 542 g/mol. The van der Waals surface area contributed by atoms with Crippen LogP contribution in [0.4, 0.5) is 4.79 Å². The molecule has 0 bridgehead atoms. The lowest BCUT2D eigenvalue weighted by Gasteiger charge is -2.24. The van der Waals surface area contributed by atoms with E-state index in [1.54, 1.807) is 0 Å². The van der Waals surface area contributed by atoms with Crippen LogP contribution in [-0.4, -0.2) is 36.0 Å². The number of aryl methyl sites for hydroxylation is 1. The number of carbonyl (C=O) groups is 2. The van der Waals surface area contributed by atoms with Crippen LogP contribution >= 0.6 is 0 Å². The molecule has 0 spiro atoms. The van der Waals surface area contributed by atoms with E-state index in [0.717, 1.165) is 35.8 Å². The lowest BCUT2D eigenvalue weighted by atomic mass is 9.86. The Labute approximate surface area is 254 Å². The first kappa shape index (κ1) is 31.9. The van der Waals surface area contributed by atoms with Gasteiger partial charge in [-0.3, -0.25) is 0 Å². The van der Waals surface area contributed by atoms with Crippen LogP contribution in [0, 0.1) is 36.5 Å². The summed E-state index contributed by atoms with van der Waals surface area (Å²) in [5, 5.41) is 13.6. The van der Waals surface area contributed by atoms with E-state index < -0.39 is 24.3 Å². The molecule has 2 heterocycles. The van der Waals surface area contributed by atoms with Crippen molar-refractivity contribution in [2.45, 2.75) is 72.4 Å². The van der Waals surface area contributed by atoms with E-state index in [1.807, 2.05) is 61.5 Å². The van der Waals surface area contributed by atoms with E-state index in [9.17, 15) is 14.7 Å². The predicted octanol–water partition coefficient (Wildman–Crippen LogP) is 7.07. The largest absolute Gasteiger partial charge is 0.459 e. The van der Waals surface area contributed by atoms with Crippen molar-refractivity contribution in [3.8, 4) is 11.8 Å². The molecule has 0 saturated carbocycles. The number of aliphatic hydroxyl groups is 1. The molecule has 2 aromatic carbocycles. The van der Waals surface area contributed by atoms with E-state index in [1.165, 1.54) is 5.56 Å². The van der Waals surface area contributed by atoms with E-state index in [0.29, 0.717) is 34.7 Å². The predicted molar refractivity (Wildman–Crippen MR) is 167 cm³/mol. The summed E-state index contributed by atoms with van der Waals surface area (Å²) in [5.41, 5.74) is 2.93. The number of amides is 1. The summed E-state index contributed by atoms with van der Waals surface area (Å²) >= 11 is 0. The second-order valence-electron chi connectivity index (χ2n) is 12.5. The normalized spacial score (nSPS) is 17.5. The Balaban J connectivity index is 1.30. The number of alkyl carbamates (subject to hydrolysis) is 1. The monoisotopic (exact) mass is 585 g/mol. The van der Waals surface area contributed by atoms with Crippen LogP contribution in [0.2, 0.25) is 0 Å². The van der Waals surface area contributed by atoms with Crippen LogP contribution in [0.5, 0.6) is 0 Å². The average Bonchev–Trinajstić information content (AvgIpc) is 3.52. The van der Waals surface area contributed by atoms with Gasteiger partial charge in [0.2, 0.25) is 0 Å². The third-order valence-electron chi connectivity index (χ3n) is 7.52.